The highest BCUT2D eigenvalue weighted by Crippen LogP contribution is 2.33. The Morgan fingerprint density at radius 1 is 1.27 bits per heavy atom. The van der Waals surface area contributed by atoms with E-state index in [0.717, 1.165) is 16.9 Å². The third-order valence-electron chi connectivity index (χ3n) is 4.56. The predicted molar refractivity (Wildman–Crippen MR) is 104 cm³/mol. The largest absolute Gasteiger partial charge is 0.374 e. The van der Waals surface area contributed by atoms with E-state index in [1.165, 1.54) is 0 Å². The van der Waals surface area contributed by atoms with Gasteiger partial charge in [0.05, 0.1) is 18.1 Å². The maximum atomic E-state index is 12.9. The van der Waals surface area contributed by atoms with E-state index in [2.05, 4.69) is 18.0 Å². The van der Waals surface area contributed by atoms with Gasteiger partial charge < -0.3 is 15.1 Å². The van der Waals surface area contributed by atoms with Crippen molar-refractivity contribution < 1.29 is 4.79 Å². The van der Waals surface area contributed by atoms with Gasteiger partial charge in [0.15, 0.2) is 0 Å². The van der Waals surface area contributed by atoms with Gasteiger partial charge in [0, 0.05) is 31.5 Å². The molecule has 132 valence electrons. The number of benzene rings is 2. The molecule has 2 aromatic carbocycles. The zero-order valence-corrected chi connectivity index (χ0v) is 14.9. The molecule has 3 rings (SSSR count). The molecule has 1 aliphatic rings. The van der Waals surface area contributed by atoms with Crippen molar-refractivity contribution >= 4 is 17.3 Å². The van der Waals surface area contributed by atoms with E-state index in [9.17, 15) is 4.79 Å². The molecular formula is C21H22N4O. The second-order valence-electron chi connectivity index (χ2n) is 6.26. The first kappa shape index (κ1) is 17.6. The molecule has 0 spiro atoms. The van der Waals surface area contributed by atoms with E-state index < -0.39 is 0 Å². The molecule has 0 saturated carbocycles. The number of nitrogens with one attached hydrogen (secondary N) is 1. The summed E-state index contributed by atoms with van der Waals surface area (Å²) < 4.78 is 0. The lowest BCUT2D eigenvalue weighted by molar-refractivity contribution is 0.0707. The molecule has 1 N–H and O–H groups in total. The van der Waals surface area contributed by atoms with Crippen LogP contribution in [0.3, 0.4) is 0 Å². The summed E-state index contributed by atoms with van der Waals surface area (Å²) in [5.74, 6) is -0.000496. The lowest BCUT2D eigenvalue weighted by Gasteiger charge is -2.37. The van der Waals surface area contributed by atoms with Gasteiger partial charge in [0.2, 0.25) is 0 Å². The first-order chi connectivity index (χ1) is 12.7. The van der Waals surface area contributed by atoms with E-state index in [0.29, 0.717) is 25.1 Å². The second-order valence-corrected chi connectivity index (χ2v) is 6.26. The van der Waals surface area contributed by atoms with E-state index >= 15 is 0 Å². The van der Waals surface area contributed by atoms with Gasteiger partial charge in [-0.1, -0.05) is 30.3 Å². The van der Waals surface area contributed by atoms with Crippen LogP contribution in [-0.2, 0) is 0 Å². The highest BCUT2D eigenvalue weighted by Gasteiger charge is 2.31. The van der Waals surface area contributed by atoms with E-state index in [1.807, 2.05) is 60.5 Å². The number of anilines is 2. The van der Waals surface area contributed by atoms with Crippen LogP contribution in [-0.4, -0.2) is 30.9 Å². The molecule has 1 heterocycles. The molecule has 0 aromatic heterocycles. The third-order valence-corrected chi connectivity index (χ3v) is 4.56. The van der Waals surface area contributed by atoms with E-state index in [1.54, 1.807) is 11.0 Å². The van der Waals surface area contributed by atoms with Crippen LogP contribution in [0.25, 0.3) is 0 Å². The molecule has 2 aromatic rings. The number of fused-ring (bicyclic) bond motifs is 1. The van der Waals surface area contributed by atoms with Crippen molar-refractivity contribution in [2.75, 3.05) is 30.4 Å². The van der Waals surface area contributed by atoms with Gasteiger partial charge in [-0.2, -0.15) is 5.26 Å². The first-order valence-corrected chi connectivity index (χ1v) is 8.61. The minimum Gasteiger partial charge on any atom is -0.374 e. The Hall–Kier alpha value is -3.26. The summed E-state index contributed by atoms with van der Waals surface area (Å²) in [6.07, 6.45) is 1.99. The summed E-state index contributed by atoms with van der Waals surface area (Å²) in [7, 11) is 1.97. The molecule has 1 unspecified atom stereocenters. The Morgan fingerprint density at radius 2 is 2.00 bits per heavy atom. The second kappa shape index (κ2) is 7.75. The fourth-order valence-corrected chi connectivity index (χ4v) is 3.14. The minimum absolute atomic E-state index is 0.000496. The fraction of sp³-hybridized carbons (Fsp3) is 0.238. The van der Waals surface area contributed by atoms with Crippen LogP contribution in [0.5, 0.6) is 0 Å². The number of nitriles is 1. The Morgan fingerprint density at radius 3 is 2.69 bits per heavy atom. The quantitative estimate of drug-likeness (QED) is 0.809. The molecule has 0 radical (unpaired) electrons. The van der Waals surface area contributed by atoms with Crippen molar-refractivity contribution in [1.82, 2.24) is 4.90 Å². The van der Waals surface area contributed by atoms with Gasteiger partial charge >= 0.3 is 0 Å². The molecule has 0 fully saturated rings. The van der Waals surface area contributed by atoms with E-state index in [-0.39, 0.29) is 12.1 Å². The summed E-state index contributed by atoms with van der Waals surface area (Å²) in [6, 6.07) is 17.8. The molecule has 1 aliphatic heterocycles. The zero-order valence-electron chi connectivity index (χ0n) is 14.9. The van der Waals surface area contributed by atoms with Gasteiger partial charge in [0.1, 0.15) is 6.17 Å². The molecule has 1 atom stereocenters. The van der Waals surface area contributed by atoms with Gasteiger partial charge in [-0.15, -0.1) is 6.58 Å². The Labute approximate surface area is 154 Å². The standard InChI is InChI=1S/C21H22N4O/c1-3-14-25-20(23-19-8-5-4-7-18(19)21(25)26)16-9-11-17(12-10-16)24(2)15-6-13-22/h3-5,7-12,20,23H,1,6,14-15H2,2H3. The first-order valence-electron chi connectivity index (χ1n) is 8.61. The number of amides is 1. The Bertz CT molecular complexity index is 838. The van der Waals surface area contributed by atoms with Gasteiger partial charge in [0.25, 0.3) is 5.91 Å². The minimum atomic E-state index is -0.242. The third kappa shape index (κ3) is 3.40. The van der Waals surface area contributed by atoms with Gasteiger partial charge in [-0.05, 0) is 29.8 Å². The van der Waals surface area contributed by atoms with Crippen LogP contribution in [0.4, 0.5) is 11.4 Å². The lowest BCUT2D eigenvalue weighted by Crippen LogP contribution is -2.42. The number of para-hydroxylation sites is 1. The maximum absolute atomic E-state index is 12.9. The molecule has 26 heavy (non-hydrogen) atoms. The fourth-order valence-electron chi connectivity index (χ4n) is 3.14. The van der Waals surface area contributed by atoms with Crippen LogP contribution < -0.4 is 10.2 Å². The average molecular weight is 346 g/mol. The number of nitrogens with zero attached hydrogens (tertiary/aromatic N) is 3. The van der Waals surface area contributed by atoms with Crippen molar-refractivity contribution in [2.45, 2.75) is 12.6 Å². The average Bonchev–Trinajstić information content (AvgIpc) is 2.68. The van der Waals surface area contributed by atoms with Crippen molar-refractivity contribution in [1.29, 1.82) is 5.26 Å². The maximum Gasteiger partial charge on any atom is 0.258 e. The van der Waals surface area contributed by atoms with Gasteiger partial charge in [-0.25, -0.2) is 0 Å². The topological polar surface area (TPSA) is 59.4 Å². The van der Waals surface area contributed by atoms with Crippen LogP contribution >= 0.6 is 0 Å². The predicted octanol–water partition coefficient (Wildman–Crippen LogP) is 3.79. The molecule has 0 bridgehead atoms. The number of hydrogen-bond donors (Lipinski definition) is 1. The van der Waals surface area contributed by atoms with Crippen LogP contribution in [0.15, 0.2) is 61.2 Å². The van der Waals surface area contributed by atoms with Crippen molar-refractivity contribution in [3.63, 3.8) is 0 Å². The summed E-state index contributed by atoms with van der Waals surface area (Å²) >= 11 is 0. The highest BCUT2D eigenvalue weighted by atomic mass is 16.2. The summed E-state index contributed by atoms with van der Waals surface area (Å²) in [5.41, 5.74) is 3.57. The lowest BCUT2D eigenvalue weighted by atomic mass is 10.0. The molecule has 5 nitrogen and oxygen atoms in total. The van der Waals surface area contributed by atoms with Crippen molar-refractivity contribution in [3.05, 3.63) is 72.3 Å². The number of carbonyl (C=O) groups is 1. The highest BCUT2D eigenvalue weighted by molar-refractivity contribution is 6.01. The molecule has 0 saturated heterocycles. The van der Waals surface area contributed by atoms with E-state index in [4.69, 9.17) is 5.26 Å². The summed E-state index contributed by atoms with van der Waals surface area (Å²) in [4.78, 5) is 16.7. The van der Waals surface area contributed by atoms with Crippen molar-refractivity contribution in [3.8, 4) is 6.07 Å². The van der Waals surface area contributed by atoms with Crippen LogP contribution in [0.2, 0.25) is 0 Å². The number of rotatable bonds is 6. The zero-order chi connectivity index (χ0) is 18.5. The SMILES string of the molecule is C=CCN1C(=O)c2ccccc2NC1c1ccc(N(C)CCC#N)cc1. The normalized spacial score (nSPS) is 15.6. The molecule has 5 heteroatoms. The molecule has 1 amide bonds. The number of hydrogen-bond acceptors (Lipinski definition) is 4. The monoisotopic (exact) mass is 346 g/mol. The molecule has 0 aliphatic carbocycles. The van der Waals surface area contributed by atoms with Gasteiger partial charge in [-0.3, -0.25) is 4.79 Å². The van der Waals surface area contributed by atoms with Crippen LogP contribution in [0.1, 0.15) is 28.5 Å². The number of carbonyl (C=O) groups excluding carboxylic acids is 1. The molecular weight excluding hydrogens is 324 g/mol. The van der Waals surface area contributed by atoms with Crippen molar-refractivity contribution in [2.24, 2.45) is 0 Å². The summed E-state index contributed by atoms with van der Waals surface area (Å²) in [6.45, 7) is 4.94. The van der Waals surface area contributed by atoms with Crippen LogP contribution in [0, 0.1) is 11.3 Å². The Kier molecular flexibility index (Phi) is 5.23. The smallest absolute Gasteiger partial charge is 0.258 e. The summed E-state index contributed by atoms with van der Waals surface area (Å²) in [5, 5.41) is 12.2. The Balaban J connectivity index is 1.88.